The molecule has 2 heteroatoms. The van der Waals surface area contributed by atoms with Crippen molar-refractivity contribution in [1.29, 1.82) is 0 Å². The van der Waals surface area contributed by atoms with Gasteiger partial charge in [-0.15, -0.1) is 0 Å². The second-order valence-corrected chi connectivity index (χ2v) is 5.44. The average Bonchev–Trinajstić information content (AvgIpc) is 2.47. The fourth-order valence-corrected chi connectivity index (χ4v) is 2.61. The molecule has 0 unspecified atom stereocenters. The number of benzene rings is 2. The second-order valence-electron chi connectivity index (χ2n) is 5.44. The summed E-state index contributed by atoms with van der Waals surface area (Å²) in [6.45, 7) is 6.24. The molecular weight excluding hydrogens is 256 g/mol. The highest BCUT2D eigenvalue weighted by molar-refractivity contribution is 5.67. The van der Waals surface area contributed by atoms with E-state index in [1.54, 1.807) is 0 Å². The van der Waals surface area contributed by atoms with Gasteiger partial charge in [-0.3, -0.25) is 0 Å². The highest BCUT2D eigenvalue weighted by Gasteiger charge is 2.08. The maximum atomic E-state index is 4.69. The van der Waals surface area contributed by atoms with E-state index in [-0.39, 0.29) is 0 Å². The number of aromatic nitrogens is 2. The standard InChI is InChI=1S/C19H18N2/c1-13-9-14(2)11-17(10-13)19-20-12-18(15(3)21-19)16-7-5-4-6-8-16/h4-12H,1-3H3. The maximum absolute atomic E-state index is 4.69. The fourth-order valence-electron chi connectivity index (χ4n) is 2.61. The van der Waals surface area contributed by atoms with Gasteiger partial charge in [0.15, 0.2) is 5.82 Å². The van der Waals surface area contributed by atoms with Crippen molar-refractivity contribution in [1.82, 2.24) is 9.97 Å². The van der Waals surface area contributed by atoms with Gasteiger partial charge in [-0.05, 0) is 38.5 Å². The van der Waals surface area contributed by atoms with Gasteiger partial charge in [0.1, 0.15) is 0 Å². The lowest BCUT2D eigenvalue weighted by atomic mass is 10.0. The molecule has 0 saturated carbocycles. The van der Waals surface area contributed by atoms with Crippen LogP contribution in [0.3, 0.4) is 0 Å². The van der Waals surface area contributed by atoms with Crippen LogP contribution in [0.25, 0.3) is 22.5 Å². The number of hydrogen-bond acceptors (Lipinski definition) is 2. The first-order valence-corrected chi connectivity index (χ1v) is 7.11. The van der Waals surface area contributed by atoms with Crippen molar-refractivity contribution in [2.75, 3.05) is 0 Å². The van der Waals surface area contributed by atoms with Crippen LogP contribution in [0.5, 0.6) is 0 Å². The normalized spacial score (nSPS) is 10.6. The number of nitrogens with zero attached hydrogens (tertiary/aromatic N) is 2. The molecule has 3 rings (SSSR count). The van der Waals surface area contributed by atoms with Crippen LogP contribution in [0.2, 0.25) is 0 Å². The van der Waals surface area contributed by atoms with Gasteiger partial charge in [0.25, 0.3) is 0 Å². The van der Waals surface area contributed by atoms with Crippen LogP contribution in [0.15, 0.2) is 54.7 Å². The zero-order valence-corrected chi connectivity index (χ0v) is 12.6. The van der Waals surface area contributed by atoms with Gasteiger partial charge < -0.3 is 0 Å². The summed E-state index contributed by atoms with van der Waals surface area (Å²) in [6, 6.07) is 16.7. The number of hydrogen-bond donors (Lipinski definition) is 0. The van der Waals surface area contributed by atoms with E-state index in [2.05, 4.69) is 49.2 Å². The number of aryl methyl sites for hydroxylation is 3. The molecule has 1 aromatic heterocycles. The van der Waals surface area contributed by atoms with Gasteiger partial charge in [0, 0.05) is 23.0 Å². The van der Waals surface area contributed by atoms with E-state index >= 15 is 0 Å². The molecule has 0 fully saturated rings. The third-order valence-corrected chi connectivity index (χ3v) is 3.54. The van der Waals surface area contributed by atoms with Crippen molar-refractivity contribution in [2.24, 2.45) is 0 Å². The second kappa shape index (κ2) is 5.49. The molecule has 0 bridgehead atoms. The Kier molecular flexibility index (Phi) is 3.53. The van der Waals surface area contributed by atoms with Gasteiger partial charge >= 0.3 is 0 Å². The molecule has 0 aliphatic heterocycles. The highest BCUT2D eigenvalue weighted by Crippen LogP contribution is 2.24. The quantitative estimate of drug-likeness (QED) is 0.674. The van der Waals surface area contributed by atoms with E-state index in [0.29, 0.717) is 0 Å². The minimum absolute atomic E-state index is 0.791. The van der Waals surface area contributed by atoms with Crippen molar-refractivity contribution < 1.29 is 0 Å². The van der Waals surface area contributed by atoms with E-state index in [0.717, 1.165) is 28.2 Å². The van der Waals surface area contributed by atoms with E-state index in [1.165, 1.54) is 11.1 Å². The first-order chi connectivity index (χ1) is 10.1. The van der Waals surface area contributed by atoms with Gasteiger partial charge in [-0.25, -0.2) is 9.97 Å². The Morgan fingerprint density at radius 1 is 0.762 bits per heavy atom. The van der Waals surface area contributed by atoms with Crippen molar-refractivity contribution in [3.63, 3.8) is 0 Å². The van der Waals surface area contributed by atoms with Crippen LogP contribution < -0.4 is 0 Å². The molecular formula is C19H18N2. The lowest BCUT2D eigenvalue weighted by Gasteiger charge is -2.08. The zero-order chi connectivity index (χ0) is 14.8. The summed E-state index contributed by atoms with van der Waals surface area (Å²) in [5, 5.41) is 0. The highest BCUT2D eigenvalue weighted by atomic mass is 14.9. The third kappa shape index (κ3) is 2.84. The third-order valence-electron chi connectivity index (χ3n) is 3.54. The van der Waals surface area contributed by atoms with Crippen LogP contribution in [-0.4, -0.2) is 9.97 Å². The Labute approximate surface area is 125 Å². The van der Waals surface area contributed by atoms with E-state index in [4.69, 9.17) is 4.98 Å². The zero-order valence-electron chi connectivity index (χ0n) is 12.6. The molecule has 0 N–H and O–H groups in total. The molecule has 0 amide bonds. The molecule has 0 aliphatic rings. The molecule has 0 spiro atoms. The minimum Gasteiger partial charge on any atom is -0.236 e. The average molecular weight is 274 g/mol. The lowest BCUT2D eigenvalue weighted by molar-refractivity contribution is 1.11. The molecule has 0 radical (unpaired) electrons. The van der Waals surface area contributed by atoms with Crippen molar-refractivity contribution in [2.45, 2.75) is 20.8 Å². The molecule has 2 nitrogen and oxygen atoms in total. The summed E-state index contributed by atoms with van der Waals surface area (Å²) < 4.78 is 0. The monoisotopic (exact) mass is 274 g/mol. The molecule has 1 heterocycles. The largest absolute Gasteiger partial charge is 0.236 e. The van der Waals surface area contributed by atoms with E-state index in [9.17, 15) is 0 Å². The summed E-state index contributed by atoms with van der Waals surface area (Å²) >= 11 is 0. The predicted octanol–water partition coefficient (Wildman–Crippen LogP) is 4.74. The van der Waals surface area contributed by atoms with Crippen LogP contribution in [0.4, 0.5) is 0 Å². The smallest absolute Gasteiger partial charge is 0.159 e. The Morgan fingerprint density at radius 2 is 1.43 bits per heavy atom. The minimum atomic E-state index is 0.791. The molecule has 21 heavy (non-hydrogen) atoms. The van der Waals surface area contributed by atoms with Gasteiger partial charge in [0.05, 0.1) is 0 Å². The Morgan fingerprint density at radius 3 is 2.05 bits per heavy atom. The first-order valence-electron chi connectivity index (χ1n) is 7.11. The number of rotatable bonds is 2. The van der Waals surface area contributed by atoms with Crippen LogP contribution >= 0.6 is 0 Å². The van der Waals surface area contributed by atoms with Crippen LogP contribution in [0.1, 0.15) is 16.8 Å². The van der Waals surface area contributed by atoms with Crippen LogP contribution in [0, 0.1) is 20.8 Å². The Balaban J connectivity index is 2.05. The molecule has 104 valence electrons. The first kappa shape index (κ1) is 13.5. The summed E-state index contributed by atoms with van der Waals surface area (Å²) in [4.78, 5) is 9.25. The molecule has 2 aromatic carbocycles. The van der Waals surface area contributed by atoms with Crippen molar-refractivity contribution in [3.8, 4) is 22.5 Å². The van der Waals surface area contributed by atoms with E-state index < -0.39 is 0 Å². The maximum Gasteiger partial charge on any atom is 0.159 e. The predicted molar refractivity (Wildman–Crippen MR) is 87.1 cm³/mol. The van der Waals surface area contributed by atoms with Crippen molar-refractivity contribution >= 4 is 0 Å². The molecule has 0 aliphatic carbocycles. The van der Waals surface area contributed by atoms with Gasteiger partial charge in [-0.2, -0.15) is 0 Å². The van der Waals surface area contributed by atoms with E-state index in [1.807, 2.05) is 31.3 Å². The molecule has 3 aromatic rings. The molecule has 0 atom stereocenters. The summed E-state index contributed by atoms with van der Waals surface area (Å²) in [7, 11) is 0. The SMILES string of the molecule is Cc1cc(C)cc(-c2ncc(-c3ccccc3)c(C)n2)c1. The van der Waals surface area contributed by atoms with Gasteiger partial charge in [-0.1, -0.05) is 47.5 Å². The van der Waals surface area contributed by atoms with Crippen molar-refractivity contribution in [3.05, 3.63) is 71.5 Å². The summed E-state index contributed by atoms with van der Waals surface area (Å²) in [5.74, 6) is 0.791. The molecule has 0 saturated heterocycles. The van der Waals surface area contributed by atoms with Crippen LogP contribution in [-0.2, 0) is 0 Å². The Hall–Kier alpha value is -2.48. The fraction of sp³-hybridized carbons (Fsp3) is 0.158. The lowest BCUT2D eigenvalue weighted by Crippen LogP contribution is -1.95. The van der Waals surface area contributed by atoms with Gasteiger partial charge in [0.2, 0.25) is 0 Å². The summed E-state index contributed by atoms with van der Waals surface area (Å²) in [5.41, 5.74) is 6.79. The Bertz CT molecular complexity index is 757. The summed E-state index contributed by atoms with van der Waals surface area (Å²) in [6.07, 6.45) is 1.92. The topological polar surface area (TPSA) is 25.8 Å².